The van der Waals surface area contributed by atoms with Crippen LogP contribution in [0.3, 0.4) is 0 Å². The van der Waals surface area contributed by atoms with E-state index in [9.17, 15) is 9.59 Å². The van der Waals surface area contributed by atoms with E-state index in [0.717, 1.165) is 21.3 Å². The molecule has 0 fully saturated rings. The minimum atomic E-state index is -0.524. The van der Waals surface area contributed by atoms with Gasteiger partial charge in [-0.25, -0.2) is 9.79 Å². The Morgan fingerprint density at radius 1 is 1.05 bits per heavy atom. The van der Waals surface area contributed by atoms with Gasteiger partial charge in [-0.2, -0.15) is 0 Å². The maximum absolute atomic E-state index is 13.8. The Bertz CT molecular complexity index is 1690. The zero-order valence-corrected chi connectivity index (χ0v) is 23.0. The molecule has 0 bridgehead atoms. The second-order valence-electron chi connectivity index (χ2n) is 8.34. The van der Waals surface area contributed by atoms with Gasteiger partial charge in [0.25, 0.3) is 5.56 Å². The number of para-hydroxylation sites is 1. The summed E-state index contributed by atoms with van der Waals surface area (Å²) in [5.41, 5.74) is 3.16. The van der Waals surface area contributed by atoms with Gasteiger partial charge in [-0.05, 0) is 41.5 Å². The van der Waals surface area contributed by atoms with Crippen LogP contribution in [0.4, 0.5) is 0 Å². The minimum Gasteiger partial charge on any atom is -0.493 e. The van der Waals surface area contributed by atoms with Gasteiger partial charge in [-0.3, -0.25) is 9.36 Å². The summed E-state index contributed by atoms with van der Waals surface area (Å²) < 4.78 is 19.0. The van der Waals surface area contributed by atoms with Crippen LogP contribution in [-0.4, -0.2) is 31.4 Å². The maximum atomic E-state index is 13.8. The molecule has 4 aromatic rings. The number of hydrogen-bond donors (Lipinski definition) is 0. The van der Waals surface area contributed by atoms with Crippen molar-refractivity contribution in [2.45, 2.75) is 6.04 Å². The fourth-order valence-corrected chi connectivity index (χ4v) is 5.41. The summed E-state index contributed by atoms with van der Waals surface area (Å²) in [6.45, 7) is -0.289. The number of ether oxygens (including phenoxy) is 3. The first-order valence-corrected chi connectivity index (χ1v) is 13.3. The molecule has 1 aliphatic heterocycles. The summed E-state index contributed by atoms with van der Waals surface area (Å²) in [7, 11) is 2.81. The van der Waals surface area contributed by atoms with E-state index in [1.807, 2.05) is 60.7 Å². The van der Waals surface area contributed by atoms with Crippen molar-refractivity contribution in [2.75, 3.05) is 20.8 Å². The fourth-order valence-electron chi connectivity index (χ4n) is 4.14. The molecule has 0 radical (unpaired) electrons. The van der Waals surface area contributed by atoms with Crippen LogP contribution in [-0.2, 0) is 9.53 Å². The molecule has 1 atom stereocenters. The van der Waals surface area contributed by atoms with Crippen molar-refractivity contribution < 1.29 is 19.0 Å². The normalized spacial score (nSPS) is 14.8. The quantitative estimate of drug-likeness (QED) is 0.299. The Morgan fingerprint density at radius 3 is 2.53 bits per heavy atom. The van der Waals surface area contributed by atoms with Gasteiger partial charge in [0.2, 0.25) is 0 Å². The largest absolute Gasteiger partial charge is 0.493 e. The van der Waals surface area contributed by atoms with Gasteiger partial charge in [-0.1, -0.05) is 81.9 Å². The van der Waals surface area contributed by atoms with E-state index in [1.165, 1.54) is 25.6 Å². The lowest BCUT2D eigenvalue weighted by Gasteiger charge is -2.19. The number of benzene rings is 3. The second kappa shape index (κ2) is 11.2. The van der Waals surface area contributed by atoms with Gasteiger partial charge >= 0.3 is 5.97 Å². The molecule has 5 rings (SSSR count). The molecule has 192 valence electrons. The Balaban J connectivity index is 1.68. The average Bonchev–Trinajstić information content (AvgIpc) is 3.27. The summed E-state index contributed by atoms with van der Waals surface area (Å²) in [5.74, 6) is 0.263. The van der Waals surface area contributed by atoms with Gasteiger partial charge in [0, 0.05) is 10.0 Å². The molecule has 3 aromatic carbocycles. The summed E-state index contributed by atoms with van der Waals surface area (Å²) >= 11 is 4.79. The van der Waals surface area contributed by atoms with E-state index in [1.54, 1.807) is 28.8 Å². The zero-order chi connectivity index (χ0) is 26.6. The van der Waals surface area contributed by atoms with Gasteiger partial charge in [-0.15, -0.1) is 0 Å². The number of nitrogens with zero attached hydrogens (tertiary/aromatic N) is 2. The fraction of sp³-hybridized carbons (Fsp3) is 0.138. The third-order valence-electron chi connectivity index (χ3n) is 6.01. The first-order valence-electron chi connectivity index (χ1n) is 11.7. The number of methoxy groups -OCH3 is 2. The highest BCUT2D eigenvalue weighted by atomic mass is 79.9. The Kier molecular flexibility index (Phi) is 7.57. The van der Waals surface area contributed by atoms with Gasteiger partial charge in [0.15, 0.2) is 22.9 Å². The molecule has 38 heavy (non-hydrogen) atoms. The number of carbonyl (C=O) groups excluding carboxylic acids is 1. The smallest absolute Gasteiger partial charge is 0.343 e. The van der Waals surface area contributed by atoms with Crippen molar-refractivity contribution in [3.63, 3.8) is 0 Å². The number of hydrogen-bond acceptors (Lipinski definition) is 7. The summed E-state index contributed by atoms with van der Waals surface area (Å²) in [4.78, 5) is 30.9. The standard InChI is InChI=1S/C29H23BrN2O5S/c1-35-24-10-6-9-20(27(24)37-17-26(33)36-2)15-25-28(34)32-23(19-11-13-21(30)14-12-19)16-22(31-29(32)38-25)18-7-4-3-5-8-18/h3-16,23H,17H2,1-2H3. The highest BCUT2D eigenvalue weighted by Gasteiger charge is 2.23. The first kappa shape index (κ1) is 25.7. The van der Waals surface area contributed by atoms with Crippen LogP contribution in [0.2, 0.25) is 0 Å². The zero-order valence-electron chi connectivity index (χ0n) is 20.6. The van der Waals surface area contributed by atoms with Crippen LogP contribution < -0.4 is 24.4 Å². The molecule has 7 nitrogen and oxygen atoms in total. The number of halogens is 1. The number of thiazole rings is 1. The predicted octanol–water partition coefficient (Wildman–Crippen LogP) is 4.33. The number of aromatic nitrogens is 1. The van der Waals surface area contributed by atoms with Crippen LogP contribution in [0.25, 0.3) is 11.8 Å². The Labute approximate surface area is 231 Å². The predicted molar refractivity (Wildman–Crippen MR) is 150 cm³/mol. The van der Waals surface area contributed by atoms with Crippen molar-refractivity contribution in [1.82, 2.24) is 4.57 Å². The molecule has 0 aliphatic carbocycles. The van der Waals surface area contributed by atoms with Crippen molar-refractivity contribution in [1.29, 1.82) is 0 Å². The van der Waals surface area contributed by atoms with E-state index in [4.69, 9.17) is 19.2 Å². The molecule has 1 aliphatic rings. The third kappa shape index (κ3) is 5.20. The van der Waals surface area contributed by atoms with E-state index in [2.05, 4.69) is 15.9 Å². The monoisotopic (exact) mass is 590 g/mol. The third-order valence-corrected chi connectivity index (χ3v) is 7.52. The number of carbonyl (C=O) groups is 1. The maximum Gasteiger partial charge on any atom is 0.343 e. The molecule has 1 unspecified atom stereocenters. The number of esters is 1. The van der Waals surface area contributed by atoms with Gasteiger partial charge in [0.05, 0.1) is 30.5 Å². The lowest BCUT2D eigenvalue weighted by Crippen LogP contribution is -2.36. The van der Waals surface area contributed by atoms with Crippen LogP contribution in [0, 0.1) is 0 Å². The van der Waals surface area contributed by atoms with Crippen molar-refractivity contribution >= 4 is 45.0 Å². The molecule has 0 saturated carbocycles. The number of fused-ring (bicyclic) bond motifs is 1. The number of rotatable bonds is 7. The summed E-state index contributed by atoms with van der Waals surface area (Å²) in [6, 6.07) is 22.8. The van der Waals surface area contributed by atoms with Crippen LogP contribution >= 0.6 is 27.3 Å². The van der Waals surface area contributed by atoms with Gasteiger partial charge < -0.3 is 14.2 Å². The summed E-state index contributed by atoms with van der Waals surface area (Å²) in [6.07, 6.45) is 3.75. The number of allylic oxidation sites excluding steroid dienone is 1. The summed E-state index contributed by atoms with van der Waals surface area (Å²) in [5, 5.41) is 0. The van der Waals surface area contributed by atoms with Crippen LogP contribution in [0.15, 0.2) is 93.1 Å². The van der Waals surface area contributed by atoms with E-state index >= 15 is 0 Å². The molecular weight excluding hydrogens is 568 g/mol. The molecule has 1 aromatic heterocycles. The molecule has 0 spiro atoms. The van der Waals surface area contributed by atoms with Crippen LogP contribution in [0.1, 0.15) is 22.7 Å². The van der Waals surface area contributed by atoms with Gasteiger partial charge in [0.1, 0.15) is 0 Å². The van der Waals surface area contributed by atoms with E-state index < -0.39 is 5.97 Å². The van der Waals surface area contributed by atoms with E-state index in [-0.39, 0.29) is 18.2 Å². The average molecular weight is 591 g/mol. The molecule has 2 heterocycles. The highest BCUT2D eigenvalue weighted by molar-refractivity contribution is 9.10. The first-order chi connectivity index (χ1) is 18.5. The minimum absolute atomic E-state index is 0.174. The lowest BCUT2D eigenvalue weighted by molar-refractivity contribution is -0.142. The SMILES string of the molecule is COC(=O)COc1c(C=c2sc3n(c2=O)C(c2ccc(Br)cc2)C=C(c2ccccc2)N=3)cccc1OC. The molecule has 0 saturated heterocycles. The van der Waals surface area contributed by atoms with Crippen molar-refractivity contribution in [3.05, 3.63) is 120 Å². The van der Waals surface area contributed by atoms with Crippen molar-refractivity contribution in [2.24, 2.45) is 4.99 Å². The molecular formula is C29H23BrN2O5S. The highest BCUT2D eigenvalue weighted by Crippen LogP contribution is 2.32. The molecule has 9 heteroatoms. The Morgan fingerprint density at radius 2 is 1.82 bits per heavy atom. The molecule has 0 N–H and O–H groups in total. The second-order valence-corrected chi connectivity index (χ2v) is 10.3. The van der Waals surface area contributed by atoms with Crippen molar-refractivity contribution in [3.8, 4) is 11.5 Å². The van der Waals surface area contributed by atoms with E-state index in [0.29, 0.717) is 26.4 Å². The molecule has 0 amide bonds. The Hall–Kier alpha value is -3.95. The lowest BCUT2D eigenvalue weighted by atomic mass is 10.0. The topological polar surface area (TPSA) is 79.1 Å². The van der Waals surface area contributed by atoms with Crippen LogP contribution in [0.5, 0.6) is 11.5 Å².